The lowest BCUT2D eigenvalue weighted by atomic mass is 10.2. The van der Waals surface area contributed by atoms with Gasteiger partial charge >= 0.3 is 0 Å². The van der Waals surface area contributed by atoms with Gasteiger partial charge in [-0.15, -0.1) is 11.3 Å². The molecule has 0 saturated carbocycles. The third kappa shape index (κ3) is 2.44. The van der Waals surface area contributed by atoms with Gasteiger partial charge in [0.15, 0.2) is 5.82 Å². The van der Waals surface area contributed by atoms with E-state index in [-0.39, 0.29) is 0 Å². The standard InChI is InChI=1S/C13H7Cl3N2OS/c1-19-6-2-3-7-9(4-6)17-13(18-11(7)15)8-5-10(14)20-12(8)16/h2-5H,1H3. The topological polar surface area (TPSA) is 35.0 Å². The number of thiophene rings is 1. The summed E-state index contributed by atoms with van der Waals surface area (Å²) < 4.78 is 6.30. The van der Waals surface area contributed by atoms with Crippen LogP contribution in [0.15, 0.2) is 24.3 Å². The first-order valence-corrected chi connectivity index (χ1v) is 7.50. The van der Waals surface area contributed by atoms with Gasteiger partial charge in [-0.1, -0.05) is 34.8 Å². The molecule has 7 heteroatoms. The van der Waals surface area contributed by atoms with E-state index in [1.807, 2.05) is 12.1 Å². The Hall–Kier alpha value is -1.07. The third-order valence-electron chi connectivity index (χ3n) is 2.76. The molecule has 0 aliphatic carbocycles. The number of hydrogen-bond donors (Lipinski definition) is 0. The predicted octanol–water partition coefficient (Wildman–Crippen LogP) is 5.33. The summed E-state index contributed by atoms with van der Waals surface area (Å²) in [6.07, 6.45) is 0. The normalized spacial score (nSPS) is 11.0. The molecule has 0 aliphatic rings. The van der Waals surface area contributed by atoms with Crippen molar-refractivity contribution >= 4 is 57.0 Å². The van der Waals surface area contributed by atoms with Crippen LogP contribution < -0.4 is 4.74 Å². The molecule has 0 N–H and O–H groups in total. The molecule has 0 atom stereocenters. The molecule has 0 radical (unpaired) electrons. The molecular weight excluding hydrogens is 339 g/mol. The van der Waals surface area contributed by atoms with Crippen LogP contribution >= 0.6 is 46.1 Å². The molecule has 102 valence electrons. The highest BCUT2D eigenvalue weighted by molar-refractivity contribution is 7.20. The van der Waals surface area contributed by atoms with E-state index in [4.69, 9.17) is 39.5 Å². The van der Waals surface area contributed by atoms with Gasteiger partial charge in [-0.25, -0.2) is 9.97 Å². The zero-order chi connectivity index (χ0) is 14.3. The number of nitrogens with zero attached hydrogens (tertiary/aromatic N) is 2. The lowest BCUT2D eigenvalue weighted by molar-refractivity contribution is 0.415. The van der Waals surface area contributed by atoms with Crippen molar-refractivity contribution in [3.05, 3.63) is 38.1 Å². The van der Waals surface area contributed by atoms with Gasteiger partial charge in [0.1, 0.15) is 15.2 Å². The molecule has 0 amide bonds. The minimum Gasteiger partial charge on any atom is -0.497 e. The molecule has 0 aliphatic heterocycles. The van der Waals surface area contributed by atoms with Crippen molar-refractivity contribution in [2.45, 2.75) is 0 Å². The van der Waals surface area contributed by atoms with Gasteiger partial charge in [0.2, 0.25) is 0 Å². The number of halogens is 3. The molecule has 1 aromatic carbocycles. The minimum atomic E-state index is 0.367. The van der Waals surface area contributed by atoms with Gasteiger partial charge in [-0.2, -0.15) is 0 Å². The van der Waals surface area contributed by atoms with Gasteiger partial charge in [0.05, 0.1) is 22.5 Å². The summed E-state index contributed by atoms with van der Waals surface area (Å²) >= 11 is 19.5. The maximum absolute atomic E-state index is 6.20. The minimum absolute atomic E-state index is 0.367. The first-order valence-electron chi connectivity index (χ1n) is 5.55. The Morgan fingerprint density at radius 3 is 2.55 bits per heavy atom. The van der Waals surface area contributed by atoms with Gasteiger partial charge in [-0.3, -0.25) is 0 Å². The molecule has 2 heterocycles. The molecule has 3 nitrogen and oxygen atoms in total. The van der Waals surface area contributed by atoms with E-state index in [0.717, 1.165) is 5.39 Å². The van der Waals surface area contributed by atoms with Gasteiger partial charge in [0, 0.05) is 11.5 Å². The van der Waals surface area contributed by atoms with Crippen LogP contribution in [0.2, 0.25) is 13.8 Å². The third-order valence-corrected chi connectivity index (χ3v) is 4.53. The molecule has 0 spiro atoms. The summed E-state index contributed by atoms with van der Waals surface area (Å²) in [5.74, 6) is 1.15. The van der Waals surface area contributed by atoms with Crippen molar-refractivity contribution in [1.82, 2.24) is 9.97 Å². The second-order valence-corrected chi connectivity index (χ2v) is 6.60. The van der Waals surface area contributed by atoms with Crippen LogP contribution in [0.5, 0.6) is 5.75 Å². The highest BCUT2D eigenvalue weighted by Gasteiger charge is 2.14. The first-order chi connectivity index (χ1) is 9.58. The van der Waals surface area contributed by atoms with Crippen molar-refractivity contribution < 1.29 is 4.74 Å². The van der Waals surface area contributed by atoms with E-state index in [1.165, 1.54) is 11.3 Å². The molecule has 2 aromatic heterocycles. The van der Waals surface area contributed by atoms with Crippen LogP contribution in [0.1, 0.15) is 0 Å². The Kier molecular flexibility index (Phi) is 3.73. The van der Waals surface area contributed by atoms with Gasteiger partial charge < -0.3 is 4.74 Å². The Bertz CT molecular complexity index is 804. The number of hydrogen-bond acceptors (Lipinski definition) is 4. The highest BCUT2D eigenvalue weighted by atomic mass is 35.5. The Morgan fingerprint density at radius 1 is 1.10 bits per heavy atom. The molecule has 0 unspecified atom stereocenters. The molecule has 3 rings (SSSR count). The van der Waals surface area contributed by atoms with Crippen LogP contribution in [0, 0.1) is 0 Å². The molecule has 0 saturated heterocycles. The zero-order valence-electron chi connectivity index (χ0n) is 10.2. The number of benzene rings is 1. The zero-order valence-corrected chi connectivity index (χ0v) is 13.2. The quantitative estimate of drug-likeness (QED) is 0.589. The van der Waals surface area contributed by atoms with E-state index in [9.17, 15) is 0 Å². The number of methoxy groups -OCH3 is 1. The fourth-order valence-corrected chi connectivity index (χ4v) is 3.51. The molecule has 3 aromatic rings. The summed E-state index contributed by atoms with van der Waals surface area (Å²) in [4.78, 5) is 8.76. The van der Waals surface area contributed by atoms with E-state index in [0.29, 0.717) is 36.5 Å². The molecule has 20 heavy (non-hydrogen) atoms. The monoisotopic (exact) mass is 344 g/mol. The number of rotatable bonds is 2. The van der Waals surface area contributed by atoms with Crippen LogP contribution in [0.25, 0.3) is 22.3 Å². The van der Waals surface area contributed by atoms with Gasteiger partial charge in [-0.05, 0) is 18.2 Å². The lowest BCUT2D eigenvalue weighted by Gasteiger charge is -2.05. The maximum atomic E-state index is 6.20. The first kappa shape index (κ1) is 13.9. The summed E-state index contributed by atoms with van der Waals surface area (Å²) in [6, 6.07) is 7.16. The largest absolute Gasteiger partial charge is 0.497 e. The fraction of sp³-hybridized carbons (Fsp3) is 0.0769. The Balaban J connectivity index is 2.24. The number of aromatic nitrogens is 2. The Morgan fingerprint density at radius 2 is 1.90 bits per heavy atom. The smallest absolute Gasteiger partial charge is 0.163 e. The Labute approximate surface area is 134 Å². The van der Waals surface area contributed by atoms with Crippen molar-refractivity contribution in [2.24, 2.45) is 0 Å². The van der Waals surface area contributed by atoms with Gasteiger partial charge in [0.25, 0.3) is 0 Å². The van der Waals surface area contributed by atoms with E-state index < -0.39 is 0 Å². The van der Waals surface area contributed by atoms with Crippen molar-refractivity contribution in [2.75, 3.05) is 7.11 Å². The SMILES string of the molecule is COc1ccc2c(Cl)nc(-c3cc(Cl)sc3Cl)nc2c1. The molecular formula is C13H7Cl3N2OS. The average Bonchev–Trinajstić information content (AvgIpc) is 2.77. The van der Waals surface area contributed by atoms with E-state index >= 15 is 0 Å². The fourth-order valence-electron chi connectivity index (χ4n) is 1.81. The summed E-state index contributed by atoms with van der Waals surface area (Å²) in [5, 5.41) is 1.12. The van der Waals surface area contributed by atoms with E-state index in [1.54, 1.807) is 19.2 Å². The second kappa shape index (κ2) is 5.37. The van der Waals surface area contributed by atoms with Crippen molar-refractivity contribution in [1.29, 1.82) is 0 Å². The maximum Gasteiger partial charge on any atom is 0.163 e. The van der Waals surface area contributed by atoms with Crippen LogP contribution in [-0.2, 0) is 0 Å². The van der Waals surface area contributed by atoms with E-state index in [2.05, 4.69) is 9.97 Å². The number of ether oxygens (including phenoxy) is 1. The summed E-state index contributed by atoms with van der Waals surface area (Å²) in [6.45, 7) is 0. The van der Waals surface area contributed by atoms with Crippen molar-refractivity contribution in [3.63, 3.8) is 0 Å². The van der Waals surface area contributed by atoms with Crippen LogP contribution in [0.4, 0.5) is 0 Å². The second-order valence-electron chi connectivity index (χ2n) is 3.96. The average molecular weight is 346 g/mol. The molecule has 0 fully saturated rings. The molecule has 0 bridgehead atoms. The predicted molar refractivity (Wildman–Crippen MR) is 84.4 cm³/mol. The lowest BCUT2D eigenvalue weighted by Crippen LogP contribution is -1.92. The van der Waals surface area contributed by atoms with Crippen LogP contribution in [0.3, 0.4) is 0 Å². The highest BCUT2D eigenvalue weighted by Crippen LogP contribution is 2.38. The summed E-state index contributed by atoms with van der Waals surface area (Å²) in [5.41, 5.74) is 1.37. The van der Waals surface area contributed by atoms with Crippen molar-refractivity contribution in [3.8, 4) is 17.1 Å². The number of fused-ring (bicyclic) bond motifs is 1. The van der Waals surface area contributed by atoms with Crippen LogP contribution in [-0.4, -0.2) is 17.1 Å². The summed E-state index contributed by atoms with van der Waals surface area (Å²) in [7, 11) is 1.60.